The summed E-state index contributed by atoms with van der Waals surface area (Å²) in [5.41, 5.74) is 1.66. The zero-order valence-electron chi connectivity index (χ0n) is 22.4. The van der Waals surface area contributed by atoms with Crippen molar-refractivity contribution in [3.05, 3.63) is 36.3 Å². The number of hydrogen-bond donors (Lipinski definition) is 3. The number of para-hydroxylation sites is 1. The van der Waals surface area contributed by atoms with Gasteiger partial charge < -0.3 is 30.5 Å². The molecule has 2 aromatic heterocycles. The van der Waals surface area contributed by atoms with E-state index in [1.54, 1.807) is 37.3 Å². The number of likely N-dealkylation sites (N-methyl/N-ethyl adjacent to an activating group) is 1. The second kappa shape index (κ2) is 12.0. The van der Waals surface area contributed by atoms with Gasteiger partial charge in [-0.25, -0.2) is 4.98 Å². The molecule has 2 amide bonds. The first-order valence-electron chi connectivity index (χ1n) is 12.4. The van der Waals surface area contributed by atoms with E-state index in [4.69, 9.17) is 4.74 Å². The molecule has 3 heterocycles. The SMILES string of the molecule is CNC(=O)c1nnc(NC(=O)CCN2CCN(C)C(C)C2)cc1Nc1cccc(-c2ncn(C)n2)c1OC. The van der Waals surface area contributed by atoms with E-state index in [0.29, 0.717) is 47.5 Å². The highest BCUT2D eigenvalue weighted by Gasteiger charge is 2.22. The fourth-order valence-electron chi connectivity index (χ4n) is 4.27. The van der Waals surface area contributed by atoms with E-state index in [9.17, 15) is 9.59 Å². The number of hydrogen-bond acceptors (Lipinski definition) is 10. The largest absolute Gasteiger partial charge is 0.494 e. The number of benzene rings is 1. The van der Waals surface area contributed by atoms with Crippen molar-refractivity contribution in [1.82, 2.24) is 40.1 Å². The summed E-state index contributed by atoms with van der Waals surface area (Å²) < 4.78 is 7.27. The molecule has 0 radical (unpaired) electrons. The van der Waals surface area contributed by atoms with Gasteiger partial charge in [0, 0.05) is 58.8 Å². The van der Waals surface area contributed by atoms with Gasteiger partial charge in [0.2, 0.25) is 5.91 Å². The maximum Gasteiger partial charge on any atom is 0.273 e. The van der Waals surface area contributed by atoms with Crippen molar-refractivity contribution >= 4 is 29.0 Å². The summed E-state index contributed by atoms with van der Waals surface area (Å²) in [6, 6.07) is 7.50. The quantitative estimate of drug-likeness (QED) is 0.377. The number of anilines is 3. The smallest absolute Gasteiger partial charge is 0.273 e. The molecule has 0 saturated carbocycles. The number of rotatable bonds is 9. The lowest BCUT2D eigenvalue weighted by Crippen LogP contribution is -2.50. The Hall–Kier alpha value is -4.10. The van der Waals surface area contributed by atoms with Crippen LogP contribution >= 0.6 is 0 Å². The molecule has 4 rings (SSSR count). The molecule has 0 spiro atoms. The molecule has 1 aliphatic rings. The highest BCUT2D eigenvalue weighted by atomic mass is 16.5. The van der Waals surface area contributed by atoms with Gasteiger partial charge in [-0.3, -0.25) is 14.3 Å². The molecule has 13 heteroatoms. The van der Waals surface area contributed by atoms with Crippen molar-refractivity contribution in [2.24, 2.45) is 7.05 Å². The fourth-order valence-corrected chi connectivity index (χ4v) is 4.27. The van der Waals surface area contributed by atoms with Crippen LogP contribution in [0.15, 0.2) is 30.6 Å². The number of amides is 2. The van der Waals surface area contributed by atoms with Gasteiger partial charge in [0.25, 0.3) is 5.91 Å². The molecule has 38 heavy (non-hydrogen) atoms. The van der Waals surface area contributed by atoms with E-state index in [-0.39, 0.29) is 17.4 Å². The predicted molar refractivity (Wildman–Crippen MR) is 143 cm³/mol. The molecule has 1 aromatic carbocycles. The van der Waals surface area contributed by atoms with E-state index in [1.807, 2.05) is 12.1 Å². The Morgan fingerprint density at radius 3 is 2.66 bits per heavy atom. The highest BCUT2D eigenvalue weighted by Crippen LogP contribution is 2.37. The van der Waals surface area contributed by atoms with Crippen LogP contribution < -0.4 is 20.7 Å². The van der Waals surface area contributed by atoms with Crippen molar-refractivity contribution < 1.29 is 14.3 Å². The summed E-state index contributed by atoms with van der Waals surface area (Å²) in [6.45, 7) is 5.67. The van der Waals surface area contributed by atoms with Crippen LogP contribution in [-0.4, -0.2) is 100 Å². The summed E-state index contributed by atoms with van der Waals surface area (Å²) in [6.07, 6.45) is 1.93. The number of piperazine rings is 1. The number of nitrogens with one attached hydrogen (secondary N) is 3. The molecule has 1 unspecified atom stereocenters. The van der Waals surface area contributed by atoms with Crippen LogP contribution in [0.4, 0.5) is 17.2 Å². The van der Waals surface area contributed by atoms with Gasteiger partial charge in [0.1, 0.15) is 6.33 Å². The predicted octanol–water partition coefficient (Wildman–Crippen LogP) is 1.35. The third kappa shape index (κ3) is 6.23. The lowest BCUT2D eigenvalue weighted by atomic mass is 10.1. The minimum absolute atomic E-state index is 0.0698. The standard InChI is InChI=1S/C25H34N10O3/c1-16-14-35(12-11-33(16)3)10-9-21(36)29-20-13-19(22(31-30-20)25(37)26-2)28-18-8-6-7-17(23(18)38-5)24-27-15-34(4)32-24/h6-8,13,15-16H,9-12,14H2,1-5H3,(H,26,37)(H2,28,29,30,36). The van der Waals surface area contributed by atoms with Crippen LogP contribution in [0, 0.1) is 0 Å². The zero-order valence-corrected chi connectivity index (χ0v) is 22.4. The molecule has 13 nitrogen and oxygen atoms in total. The number of methoxy groups -OCH3 is 1. The summed E-state index contributed by atoms with van der Waals surface area (Å²) in [5.74, 6) is 0.618. The Morgan fingerprint density at radius 2 is 1.97 bits per heavy atom. The molecule has 1 saturated heterocycles. The average Bonchev–Trinajstić information content (AvgIpc) is 3.35. The third-order valence-corrected chi connectivity index (χ3v) is 6.53. The molecule has 0 bridgehead atoms. The first kappa shape index (κ1) is 26.9. The monoisotopic (exact) mass is 522 g/mol. The zero-order chi connectivity index (χ0) is 27.2. The topological polar surface area (TPSA) is 142 Å². The molecule has 1 fully saturated rings. The van der Waals surface area contributed by atoms with Crippen LogP contribution in [-0.2, 0) is 11.8 Å². The maximum absolute atomic E-state index is 12.7. The number of aromatic nitrogens is 5. The second-order valence-electron chi connectivity index (χ2n) is 9.25. The first-order chi connectivity index (χ1) is 18.3. The molecule has 202 valence electrons. The minimum atomic E-state index is -0.427. The molecule has 1 atom stereocenters. The van der Waals surface area contributed by atoms with E-state index < -0.39 is 5.91 Å². The molecular weight excluding hydrogens is 488 g/mol. The van der Waals surface area contributed by atoms with E-state index in [2.05, 4.69) is 60.0 Å². The minimum Gasteiger partial charge on any atom is -0.494 e. The third-order valence-electron chi connectivity index (χ3n) is 6.53. The summed E-state index contributed by atoms with van der Waals surface area (Å²) in [4.78, 5) is 34.1. The lowest BCUT2D eigenvalue weighted by Gasteiger charge is -2.37. The molecule has 3 aromatic rings. The number of nitrogens with zero attached hydrogens (tertiary/aromatic N) is 7. The Kier molecular flexibility index (Phi) is 8.48. The summed E-state index contributed by atoms with van der Waals surface area (Å²) in [5, 5.41) is 21.1. The van der Waals surface area contributed by atoms with Gasteiger partial charge >= 0.3 is 0 Å². The number of aryl methyl sites for hydroxylation is 1. The second-order valence-corrected chi connectivity index (χ2v) is 9.25. The maximum atomic E-state index is 12.7. The van der Waals surface area contributed by atoms with Crippen molar-refractivity contribution in [3.63, 3.8) is 0 Å². The van der Waals surface area contributed by atoms with Crippen LogP contribution in [0.3, 0.4) is 0 Å². The Labute approximate surface area is 221 Å². The van der Waals surface area contributed by atoms with Gasteiger partial charge in [-0.1, -0.05) is 6.07 Å². The number of carbonyl (C=O) groups is 2. The molecule has 0 aliphatic carbocycles. The van der Waals surface area contributed by atoms with E-state index in [1.165, 1.54) is 7.05 Å². The lowest BCUT2D eigenvalue weighted by molar-refractivity contribution is -0.116. The highest BCUT2D eigenvalue weighted by molar-refractivity contribution is 5.99. The number of carbonyl (C=O) groups excluding carboxylic acids is 2. The molecule has 3 N–H and O–H groups in total. The van der Waals surface area contributed by atoms with E-state index in [0.717, 1.165) is 19.6 Å². The molecule has 1 aliphatic heterocycles. The van der Waals surface area contributed by atoms with Gasteiger partial charge in [0.15, 0.2) is 23.1 Å². The van der Waals surface area contributed by atoms with Crippen molar-refractivity contribution in [2.45, 2.75) is 19.4 Å². The van der Waals surface area contributed by atoms with E-state index >= 15 is 0 Å². The van der Waals surface area contributed by atoms with Crippen LogP contribution in [0.25, 0.3) is 11.4 Å². The van der Waals surface area contributed by atoms with Gasteiger partial charge in [-0.2, -0.15) is 5.10 Å². The van der Waals surface area contributed by atoms with Crippen LogP contribution in [0.1, 0.15) is 23.8 Å². The van der Waals surface area contributed by atoms with Crippen molar-refractivity contribution in [2.75, 3.05) is 58.0 Å². The summed E-state index contributed by atoms with van der Waals surface area (Å²) >= 11 is 0. The Bertz CT molecular complexity index is 1290. The van der Waals surface area contributed by atoms with Gasteiger partial charge in [-0.15, -0.1) is 10.2 Å². The normalized spacial score (nSPS) is 16.2. The summed E-state index contributed by atoms with van der Waals surface area (Å²) in [7, 11) is 6.95. The average molecular weight is 523 g/mol. The number of ether oxygens (including phenoxy) is 1. The first-order valence-corrected chi connectivity index (χ1v) is 12.4. The van der Waals surface area contributed by atoms with Crippen molar-refractivity contribution in [3.8, 4) is 17.1 Å². The Morgan fingerprint density at radius 1 is 1.16 bits per heavy atom. The van der Waals surface area contributed by atoms with Crippen molar-refractivity contribution in [1.29, 1.82) is 0 Å². The van der Waals surface area contributed by atoms with Crippen LogP contribution in [0.2, 0.25) is 0 Å². The van der Waals surface area contributed by atoms with Crippen LogP contribution in [0.5, 0.6) is 5.75 Å². The van der Waals surface area contributed by atoms with Gasteiger partial charge in [-0.05, 0) is 26.1 Å². The molecular formula is C25H34N10O3. The Balaban J connectivity index is 1.53. The fraction of sp³-hybridized carbons (Fsp3) is 0.440. The van der Waals surface area contributed by atoms with Gasteiger partial charge in [0.05, 0.1) is 24.0 Å².